The van der Waals surface area contributed by atoms with Gasteiger partial charge in [-0.3, -0.25) is 0 Å². The van der Waals surface area contributed by atoms with Crippen LogP contribution in [0.1, 0.15) is 77.6 Å². The van der Waals surface area contributed by atoms with Gasteiger partial charge in [0.25, 0.3) is 0 Å². The zero-order chi connectivity index (χ0) is 15.6. The Morgan fingerprint density at radius 1 is 1.00 bits per heavy atom. The van der Waals surface area contributed by atoms with Gasteiger partial charge in [-0.05, 0) is 19.3 Å². The summed E-state index contributed by atoms with van der Waals surface area (Å²) in [6.07, 6.45) is 12.5. The Bertz CT molecular complexity index is 360. The SMILES string of the molecule is CCCCCCCOCC1(CS(N)(=O)=O)CCCCCC1. The summed E-state index contributed by atoms with van der Waals surface area (Å²) in [7, 11) is -3.43. The fraction of sp³-hybridized carbons (Fsp3) is 1.00. The highest BCUT2D eigenvalue weighted by Gasteiger charge is 2.35. The second kappa shape index (κ2) is 9.80. The average Bonchev–Trinajstić information content (AvgIpc) is 2.62. The van der Waals surface area contributed by atoms with Crippen molar-refractivity contribution < 1.29 is 13.2 Å². The van der Waals surface area contributed by atoms with Crippen molar-refractivity contribution in [3.05, 3.63) is 0 Å². The standard InChI is InChI=1S/C16H33NO3S/c1-2-3-4-7-10-13-20-14-16(15-21(17,18)19)11-8-5-6-9-12-16/h2-15H2,1H3,(H2,17,18,19). The molecule has 0 atom stereocenters. The molecule has 0 unspecified atom stereocenters. The van der Waals surface area contributed by atoms with Gasteiger partial charge in [-0.2, -0.15) is 0 Å². The van der Waals surface area contributed by atoms with Crippen molar-refractivity contribution in [3.63, 3.8) is 0 Å². The number of unbranched alkanes of at least 4 members (excludes halogenated alkanes) is 4. The molecule has 0 spiro atoms. The van der Waals surface area contributed by atoms with Gasteiger partial charge in [0.2, 0.25) is 10.0 Å². The van der Waals surface area contributed by atoms with Gasteiger partial charge < -0.3 is 4.74 Å². The first kappa shape index (κ1) is 18.9. The lowest BCUT2D eigenvalue weighted by molar-refractivity contribution is 0.0438. The van der Waals surface area contributed by atoms with Crippen LogP contribution >= 0.6 is 0 Å². The highest BCUT2D eigenvalue weighted by atomic mass is 32.2. The van der Waals surface area contributed by atoms with Crippen LogP contribution in [0, 0.1) is 5.41 Å². The van der Waals surface area contributed by atoms with Crippen LogP contribution < -0.4 is 5.14 Å². The van der Waals surface area contributed by atoms with Crippen LogP contribution in [-0.2, 0) is 14.8 Å². The van der Waals surface area contributed by atoms with Gasteiger partial charge in [-0.15, -0.1) is 0 Å². The molecule has 0 amide bonds. The molecule has 0 radical (unpaired) electrons. The molecule has 0 aromatic heterocycles. The van der Waals surface area contributed by atoms with Crippen LogP contribution in [0.2, 0.25) is 0 Å². The lowest BCUT2D eigenvalue weighted by Gasteiger charge is -2.31. The molecule has 1 fully saturated rings. The van der Waals surface area contributed by atoms with Crippen LogP contribution in [0.25, 0.3) is 0 Å². The Kier molecular flexibility index (Phi) is 8.83. The molecule has 0 aromatic carbocycles. The number of hydrogen-bond acceptors (Lipinski definition) is 3. The Hall–Kier alpha value is -0.130. The van der Waals surface area contributed by atoms with Gasteiger partial charge >= 0.3 is 0 Å². The minimum atomic E-state index is -3.43. The predicted molar refractivity (Wildman–Crippen MR) is 87.7 cm³/mol. The maximum atomic E-state index is 11.5. The minimum absolute atomic E-state index is 0.0792. The number of ether oxygens (including phenoxy) is 1. The van der Waals surface area contributed by atoms with Gasteiger partial charge in [-0.25, -0.2) is 13.6 Å². The summed E-state index contributed by atoms with van der Waals surface area (Å²) in [6, 6.07) is 0. The summed E-state index contributed by atoms with van der Waals surface area (Å²) in [4.78, 5) is 0. The average molecular weight is 320 g/mol. The quantitative estimate of drug-likeness (QED) is 0.494. The molecule has 4 nitrogen and oxygen atoms in total. The van der Waals surface area contributed by atoms with Crippen LogP contribution in [0.3, 0.4) is 0 Å². The molecule has 21 heavy (non-hydrogen) atoms. The van der Waals surface area contributed by atoms with E-state index in [0.717, 1.165) is 38.7 Å². The van der Waals surface area contributed by atoms with Gasteiger partial charge in [0, 0.05) is 12.0 Å². The highest BCUT2D eigenvalue weighted by Crippen LogP contribution is 2.36. The first-order valence-electron chi connectivity index (χ1n) is 8.56. The summed E-state index contributed by atoms with van der Waals surface area (Å²) in [5, 5.41) is 5.30. The molecule has 0 aromatic rings. The first-order valence-corrected chi connectivity index (χ1v) is 10.3. The second-order valence-corrected chi connectivity index (χ2v) is 8.30. The molecule has 0 heterocycles. The van der Waals surface area contributed by atoms with Crippen molar-refractivity contribution in [2.45, 2.75) is 77.6 Å². The fourth-order valence-corrected chi connectivity index (χ4v) is 4.56. The Morgan fingerprint density at radius 3 is 2.19 bits per heavy atom. The third kappa shape index (κ3) is 8.79. The molecule has 1 rings (SSSR count). The van der Waals surface area contributed by atoms with Crippen LogP contribution in [0.15, 0.2) is 0 Å². The zero-order valence-electron chi connectivity index (χ0n) is 13.6. The minimum Gasteiger partial charge on any atom is -0.381 e. The zero-order valence-corrected chi connectivity index (χ0v) is 14.4. The molecule has 0 saturated heterocycles. The molecule has 126 valence electrons. The number of nitrogens with two attached hydrogens (primary N) is 1. The maximum absolute atomic E-state index is 11.5. The number of rotatable bonds is 10. The van der Waals surface area contributed by atoms with Crippen molar-refractivity contribution in [3.8, 4) is 0 Å². The third-order valence-electron chi connectivity index (χ3n) is 4.47. The van der Waals surface area contributed by atoms with Crippen molar-refractivity contribution in [1.29, 1.82) is 0 Å². The Labute approximate surface area is 130 Å². The van der Waals surface area contributed by atoms with Gasteiger partial charge in [0.1, 0.15) is 0 Å². The molecule has 5 heteroatoms. The number of sulfonamides is 1. The van der Waals surface area contributed by atoms with E-state index in [4.69, 9.17) is 9.88 Å². The molecule has 1 saturated carbocycles. The normalized spacial score (nSPS) is 19.3. The van der Waals surface area contributed by atoms with Crippen molar-refractivity contribution in [2.75, 3.05) is 19.0 Å². The third-order valence-corrected chi connectivity index (χ3v) is 5.49. The van der Waals surface area contributed by atoms with Crippen molar-refractivity contribution in [1.82, 2.24) is 0 Å². The van der Waals surface area contributed by atoms with E-state index in [1.165, 1.54) is 38.5 Å². The lowest BCUT2D eigenvalue weighted by Crippen LogP contribution is -2.37. The predicted octanol–water partition coefficient (Wildman–Crippen LogP) is 3.60. The molecule has 0 aliphatic heterocycles. The lowest BCUT2D eigenvalue weighted by atomic mass is 9.83. The maximum Gasteiger partial charge on any atom is 0.209 e. The van der Waals surface area contributed by atoms with Crippen LogP contribution in [0.4, 0.5) is 0 Å². The van der Waals surface area contributed by atoms with E-state index >= 15 is 0 Å². The summed E-state index contributed by atoms with van der Waals surface area (Å²) in [5.41, 5.74) is -0.243. The summed E-state index contributed by atoms with van der Waals surface area (Å²) >= 11 is 0. The van der Waals surface area contributed by atoms with E-state index < -0.39 is 10.0 Å². The summed E-state index contributed by atoms with van der Waals surface area (Å²) < 4.78 is 28.9. The van der Waals surface area contributed by atoms with Gasteiger partial charge in [0.15, 0.2) is 0 Å². The first-order chi connectivity index (χ1) is 9.97. The van der Waals surface area contributed by atoms with Crippen molar-refractivity contribution in [2.24, 2.45) is 10.6 Å². The van der Waals surface area contributed by atoms with Gasteiger partial charge in [-0.1, -0.05) is 58.3 Å². The van der Waals surface area contributed by atoms with E-state index in [9.17, 15) is 8.42 Å². The van der Waals surface area contributed by atoms with Gasteiger partial charge in [0.05, 0.1) is 12.4 Å². The molecule has 0 bridgehead atoms. The van der Waals surface area contributed by atoms with E-state index in [2.05, 4.69) is 6.92 Å². The monoisotopic (exact) mass is 319 g/mol. The molecule has 2 N–H and O–H groups in total. The van der Waals surface area contributed by atoms with E-state index in [1.807, 2.05) is 0 Å². The number of primary sulfonamides is 1. The van der Waals surface area contributed by atoms with E-state index in [0.29, 0.717) is 6.61 Å². The molecule has 1 aliphatic rings. The topological polar surface area (TPSA) is 69.4 Å². The van der Waals surface area contributed by atoms with E-state index in [-0.39, 0.29) is 11.2 Å². The van der Waals surface area contributed by atoms with Crippen LogP contribution in [0.5, 0.6) is 0 Å². The van der Waals surface area contributed by atoms with E-state index in [1.54, 1.807) is 0 Å². The summed E-state index contributed by atoms with van der Waals surface area (Å²) in [6.45, 7) is 3.51. The Morgan fingerprint density at radius 2 is 1.62 bits per heavy atom. The number of hydrogen-bond donors (Lipinski definition) is 1. The molecular weight excluding hydrogens is 286 g/mol. The molecule has 1 aliphatic carbocycles. The van der Waals surface area contributed by atoms with Crippen LogP contribution in [-0.4, -0.2) is 27.4 Å². The Balaban J connectivity index is 2.38. The van der Waals surface area contributed by atoms with Crippen molar-refractivity contribution >= 4 is 10.0 Å². The smallest absolute Gasteiger partial charge is 0.209 e. The fourth-order valence-electron chi connectivity index (χ4n) is 3.33. The largest absolute Gasteiger partial charge is 0.381 e. The second-order valence-electron chi connectivity index (χ2n) is 6.69. The molecular formula is C16H33NO3S. The summed E-state index contributed by atoms with van der Waals surface area (Å²) in [5.74, 6) is 0.0792. The highest BCUT2D eigenvalue weighted by molar-refractivity contribution is 7.89.